The van der Waals surface area contributed by atoms with Crippen molar-refractivity contribution in [1.29, 1.82) is 0 Å². The monoisotopic (exact) mass is 417 g/mol. The Morgan fingerprint density at radius 3 is 2.58 bits per heavy atom. The predicted octanol–water partition coefficient (Wildman–Crippen LogP) is 3.78. The lowest BCUT2D eigenvalue weighted by Crippen LogP contribution is -2.23. The second-order valence-electron chi connectivity index (χ2n) is 5.07. The van der Waals surface area contributed by atoms with E-state index in [1.165, 1.54) is 15.9 Å². The van der Waals surface area contributed by atoms with Crippen LogP contribution >= 0.6 is 38.9 Å². The summed E-state index contributed by atoms with van der Waals surface area (Å²) in [5.41, 5.74) is 1.48. The van der Waals surface area contributed by atoms with Crippen molar-refractivity contribution in [2.75, 3.05) is 0 Å². The first-order chi connectivity index (χ1) is 11.6. The van der Waals surface area contributed by atoms with Crippen LogP contribution in [0.2, 0.25) is 5.02 Å². The van der Waals surface area contributed by atoms with Crippen molar-refractivity contribution in [3.8, 4) is 11.4 Å². The number of benzene rings is 2. The van der Waals surface area contributed by atoms with Crippen LogP contribution in [0.25, 0.3) is 22.4 Å². The van der Waals surface area contributed by atoms with Gasteiger partial charge in [0.1, 0.15) is 0 Å². The molecule has 7 heteroatoms. The van der Waals surface area contributed by atoms with Gasteiger partial charge in [0, 0.05) is 15.1 Å². The molecule has 118 valence electrons. The van der Waals surface area contributed by atoms with E-state index in [-0.39, 0.29) is 5.56 Å². The van der Waals surface area contributed by atoms with Gasteiger partial charge in [-0.15, -0.1) is 5.10 Å². The van der Waals surface area contributed by atoms with E-state index >= 15 is 0 Å². The Labute approximate surface area is 154 Å². The molecule has 0 aliphatic rings. The molecule has 0 saturated carbocycles. The van der Waals surface area contributed by atoms with E-state index in [1.54, 1.807) is 12.1 Å². The first-order valence-corrected chi connectivity index (χ1v) is 9.02. The van der Waals surface area contributed by atoms with Crippen molar-refractivity contribution < 1.29 is 0 Å². The molecule has 0 N–H and O–H groups in total. The van der Waals surface area contributed by atoms with Crippen LogP contribution in [0, 0.1) is 0 Å². The van der Waals surface area contributed by atoms with Crippen molar-refractivity contribution in [2.45, 2.75) is 0 Å². The zero-order chi connectivity index (χ0) is 16.7. The smallest absolute Gasteiger partial charge is 0.266 e. The Bertz CT molecular complexity index is 1150. The molecule has 0 aliphatic heterocycles. The van der Waals surface area contributed by atoms with E-state index in [2.05, 4.69) is 26.0 Å². The first-order valence-electron chi connectivity index (χ1n) is 7.03. The molecule has 24 heavy (non-hydrogen) atoms. The van der Waals surface area contributed by atoms with E-state index in [1.807, 2.05) is 42.5 Å². The van der Waals surface area contributed by atoms with Gasteiger partial charge in [0.2, 0.25) is 4.96 Å². The summed E-state index contributed by atoms with van der Waals surface area (Å²) in [6.45, 7) is 0. The predicted molar refractivity (Wildman–Crippen MR) is 101 cm³/mol. The molecule has 0 unspecified atom stereocenters. The number of fused-ring (bicyclic) bond motifs is 1. The molecule has 2 heterocycles. The average Bonchev–Trinajstić information content (AvgIpc) is 3.11. The molecule has 0 bridgehead atoms. The summed E-state index contributed by atoms with van der Waals surface area (Å²) in [6, 6.07) is 15.0. The molecule has 0 spiro atoms. The highest BCUT2D eigenvalue weighted by Gasteiger charge is 2.12. The lowest BCUT2D eigenvalue weighted by molar-refractivity contribution is 0.937. The fourth-order valence-electron chi connectivity index (χ4n) is 2.29. The van der Waals surface area contributed by atoms with Crippen molar-refractivity contribution in [3.05, 3.63) is 78.5 Å². The molecule has 0 radical (unpaired) electrons. The molecular weight excluding hydrogens is 410 g/mol. The van der Waals surface area contributed by atoms with Gasteiger partial charge in [0.15, 0.2) is 5.82 Å². The van der Waals surface area contributed by atoms with E-state index in [0.717, 1.165) is 15.6 Å². The Kier molecular flexibility index (Phi) is 3.96. The molecule has 0 amide bonds. The number of hydrogen-bond donors (Lipinski definition) is 0. The molecule has 2 aromatic heterocycles. The van der Waals surface area contributed by atoms with E-state index < -0.39 is 0 Å². The fraction of sp³-hybridized carbons (Fsp3) is 0. The first kappa shape index (κ1) is 15.5. The van der Waals surface area contributed by atoms with Crippen LogP contribution in [-0.4, -0.2) is 14.6 Å². The summed E-state index contributed by atoms with van der Waals surface area (Å²) in [5.74, 6) is 0.537. The Balaban J connectivity index is 1.83. The maximum absolute atomic E-state index is 12.5. The summed E-state index contributed by atoms with van der Waals surface area (Å²) < 4.78 is 2.87. The minimum atomic E-state index is -0.189. The lowest BCUT2D eigenvalue weighted by Gasteiger charge is -1.94. The number of nitrogens with zero attached hydrogens (tertiary/aromatic N) is 3. The minimum Gasteiger partial charge on any atom is -0.266 e. The number of thiazole rings is 1. The number of hydrogen-bond acceptors (Lipinski definition) is 4. The zero-order valence-electron chi connectivity index (χ0n) is 12.1. The van der Waals surface area contributed by atoms with Gasteiger partial charge in [-0.05, 0) is 29.8 Å². The highest BCUT2D eigenvalue weighted by atomic mass is 79.9. The van der Waals surface area contributed by atoms with Crippen LogP contribution in [-0.2, 0) is 0 Å². The number of halogens is 2. The summed E-state index contributed by atoms with van der Waals surface area (Å²) in [7, 11) is 0. The third-order valence-electron chi connectivity index (χ3n) is 3.48. The molecule has 0 atom stereocenters. The molecule has 4 aromatic rings. The van der Waals surface area contributed by atoms with E-state index in [4.69, 9.17) is 11.6 Å². The van der Waals surface area contributed by atoms with Crippen LogP contribution in [0.3, 0.4) is 0 Å². The molecule has 2 aromatic carbocycles. The molecule has 0 fully saturated rings. The third-order valence-corrected chi connectivity index (χ3v) is 5.31. The van der Waals surface area contributed by atoms with Gasteiger partial charge in [-0.1, -0.05) is 69.2 Å². The summed E-state index contributed by atoms with van der Waals surface area (Å²) in [5, 5.41) is 4.94. The highest BCUT2D eigenvalue weighted by molar-refractivity contribution is 9.10. The van der Waals surface area contributed by atoms with Crippen LogP contribution in [0.5, 0.6) is 0 Å². The van der Waals surface area contributed by atoms with Crippen LogP contribution in [0.15, 0.2) is 57.8 Å². The molecule has 0 aliphatic carbocycles. The van der Waals surface area contributed by atoms with Crippen molar-refractivity contribution in [1.82, 2.24) is 14.6 Å². The average molecular weight is 419 g/mol. The zero-order valence-corrected chi connectivity index (χ0v) is 15.3. The van der Waals surface area contributed by atoms with E-state index in [0.29, 0.717) is 20.3 Å². The molecule has 4 nitrogen and oxygen atoms in total. The number of aromatic nitrogens is 3. The summed E-state index contributed by atoms with van der Waals surface area (Å²) in [4.78, 5) is 17.6. The van der Waals surface area contributed by atoms with Crippen molar-refractivity contribution >= 4 is 49.9 Å². The molecule has 4 rings (SSSR count). The molecule has 0 saturated heterocycles. The van der Waals surface area contributed by atoms with Crippen LogP contribution in [0.4, 0.5) is 0 Å². The Hall–Kier alpha value is -2.02. The maximum Gasteiger partial charge on any atom is 0.291 e. The van der Waals surface area contributed by atoms with Crippen LogP contribution in [0.1, 0.15) is 5.56 Å². The standard InChI is InChI=1S/C17H9BrClN3OS/c18-12-7-5-10(6-8-12)15-20-17-22(21-15)16(23)14(24-17)9-11-3-1-2-4-13(11)19/h1-9H/b14-9-. The lowest BCUT2D eigenvalue weighted by atomic mass is 10.2. The summed E-state index contributed by atoms with van der Waals surface area (Å²) >= 11 is 10.8. The van der Waals surface area contributed by atoms with Gasteiger partial charge in [-0.25, -0.2) is 0 Å². The van der Waals surface area contributed by atoms with Gasteiger partial charge in [0.25, 0.3) is 5.56 Å². The van der Waals surface area contributed by atoms with Gasteiger partial charge in [-0.3, -0.25) is 4.79 Å². The largest absolute Gasteiger partial charge is 0.291 e. The minimum absolute atomic E-state index is 0.189. The van der Waals surface area contributed by atoms with Crippen molar-refractivity contribution in [3.63, 3.8) is 0 Å². The topological polar surface area (TPSA) is 47.3 Å². The SMILES string of the molecule is O=c1/c(=C/c2ccccc2Cl)sc2nc(-c3ccc(Br)cc3)nn12. The Morgan fingerprint density at radius 2 is 1.88 bits per heavy atom. The fourth-order valence-corrected chi connectivity index (χ4v) is 3.64. The second-order valence-corrected chi connectivity index (χ2v) is 7.41. The van der Waals surface area contributed by atoms with Gasteiger partial charge < -0.3 is 0 Å². The van der Waals surface area contributed by atoms with E-state index in [9.17, 15) is 4.79 Å². The van der Waals surface area contributed by atoms with Crippen molar-refractivity contribution in [2.24, 2.45) is 0 Å². The highest BCUT2D eigenvalue weighted by Crippen LogP contribution is 2.20. The number of rotatable bonds is 2. The van der Waals surface area contributed by atoms with Gasteiger partial charge in [-0.2, -0.15) is 9.50 Å². The quantitative estimate of drug-likeness (QED) is 0.498. The second kappa shape index (κ2) is 6.12. The summed E-state index contributed by atoms with van der Waals surface area (Å²) in [6.07, 6.45) is 1.77. The maximum atomic E-state index is 12.5. The van der Waals surface area contributed by atoms with Gasteiger partial charge in [0.05, 0.1) is 4.53 Å². The third kappa shape index (κ3) is 2.77. The normalized spacial score (nSPS) is 12.2. The van der Waals surface area contributed by atoms with Gasteiger partial charge >= 0.3 is 0 Å². The van der Waals surface area contributed by atoms with Crippen LogP contribution < -0.4 is 10.1 Å². The Morgan fingerprint density at radius 1 is 1.12 bits per heavy atom. The molecular formula is C17H9BrClN3OS.